The van der Waals surface area contributed by atoms with Gasteiger partial charge in [-0.25, -0.2) is 9.36 Å². The molecule has 1 unspecified atom stereocenters. The monoisotopic (exact) mass is 530 g/mol. The Balaban J connectivity index is 1.90. The maximum Gasteiger partial charge on any atom is 0.459 e. The van der Waals surface area contributed by atoms with E-state index in [9.17, 15) is 29.2 Å². The van der Waals surface area contributed by atoms with Crippen molar-refractivity contribution in [1.29, 1.82) is 0 Å². The smallest absolute Gasteiger partial charge is 0.459 e. The van der Waals surface area contributed by atoms with Crippen LogP contribution in [0.5, 0.6) is 5.75 Å². The van der Waals surface area contributed by atoms with Crippen LogP contribution >= 0.6 is 7.75 Å². The summed E-state index contributed by atoms with van der Waals surface area (Å²) in [5.41, 5.74) is -4.95. The number of aliphatic hydroxyl groups is 2. The average Bonchev–Trinajstić information content (AvgIpc) is 3.09. The molecule has 6 atom stereocenters. The molecular weight excluding hydrogens is 497 g/mol. The topological polar surface area (TPSA) is 178 Å². The van der Waals surface area contributed by atoms with E-state index in [4.69, 9.17) is 22.6 Å². The average molecular weight is 530 g/mol. The number of aromatic amines is 1. The first kappa shape index (κ1) is 23.6. The Morgan fingerprint density at radius 3 is 2.61 bits per heavy atom. The number of para-hydroxylation sites is 1. The van der Waals surface area contributed by atoms with Crippen LogP contribution in [0.15, 0.2) is 52.2 Å². The van der Waals surface area contributed by atoms with Crippen LogP contribution in [-0.4, -0.2) is 62.3 Å². The van der Waals surface area contributed by atoms with Crippen molar-refractivity contribution in [1.82, 2.24) is 14.6 Å². The summed E-state index contributed by atoms with van der Waals surface area (Å²) in [6.45, 7) is 0.477. The van der Waals surface area contributed by atoms with Crippen molar-refractivity contribution >= 4 is 13.7 Å². The molecule has 0 amide bonds. The van der Waals surface area contributed by atoms with Crippen molar-refractivity contribution in [2.45, 2.75) is 63.8 Å². The standard InChI is InChI=1S/C22H30N3O10P/c1-13(2)33-19(28)14(3)24-36(31,35-15-8-6-5-7-9-15)32-12-16-18(27)22(4,30)20(34-16)25-11-10-17(26)23-21(25)29/h5-11,13-14,16,18,20,27,30H,12H2,1-4H3,(H,24,31)(H,23,26,29)/t14?,16-,18-,20-,22-,36+/m1/s1/i4D3. The highest BCUT2D eigenvalue weighted by Gasteiger charge is 2.54. The number of hydrogen-bond acceptors (Lipinski definition) is 10. The first-order chi connectivity index (χ1) is 18.1. The first-order valence-electron chi connectivity index (χ1n) is 12.4. The summed E-state index contributed by atoms with van der Waals surface area (Å²) in [7, 11) is -4.44. The van der Waals surface area contributed by atoms with Crippen molar-refractivity contribution in [3.63, 3.8) is 0 Å². The zero-order valence-corrected chi connectivity index (χ0v) is 20.6. The lowest BCUT2D eigenvalue weighted by atomic mass is 9.96. The number of nitrogens with zero attached hydrogens (tertiary/aromatic N) is 1. The van der Waals surface area contributed by atoms with Crippen LogP contribution in [0.4, 0.5) is 0 Å². The number of esters is 1. The first-order valence-corrected chi connectivity index (χ1v) is 12.5. The summed E-state index contributed by atoms with van der Waals surface area (Å²) < 4.78 is 59.3. The Labute approximate surface area is 210 Å². The minimum atomic E-state index is -4.44. The third kappa shape index (κ3) is 6.49. The molecule has 0 radical (unpaired) electrons. The number of aliphatic hydroxyl groups excluding tert-OH is 1. The van der Waals surface area contributed by atoms with Crippen LogP contribution in [0.3, 0.4) is 0 Å². The minimum absolute atomic E-state index is 0.0855. The molecular formula is C22H30N3O10P. The van der Waals surface area contributed by atoms with Gasteiger partial charge in [-0.3, -0.25) is 23.7 Å². The van der Waals surface area contributed by atoms with Crippen LogP contribution in [0.2, 0.25) is 0 Å². The van der Waals surface area contributed by atoms with E-state index >= 15 is 0 Å². The molecule has 3 rings (SSSR count). The van der Waals surface area contributed by atoms with Gasteiger partial charge >= 0.3 is 19.4 Å². The lowest BCUT2D eigenvalue weighted by molar-refractivity contribution is -0.149. The number of carbonyl (C=O) groups is 1. The second-order valence-corrected chi connectivity index (χ2v) is 10.0. The predicted molar refractivity (Wildman–Crippen MR) is 126 cm³/mol. The molecule has 0 bridgehead atoms. The van der Waals surface area contributed by atoms with Gasteiger partial charge in [0.25, 0.3) is 5.56 Å². The minimum Gasteiger partial charge on any atom is -0.462 e. The van der Waals surface area contributed by atoms with E-state index in [-0.39, 0.29) is 5.75 Å². The molecule has 0 saturated carbocycles. The normalized spacial score (nSPS) is 27.9. The molecule has 4 N–H and O–H groups in total. The van der Waals surface area contributed by atoms with Gasteiger partial charge in [-0.2, -0.15) is 5.09 Å². The zero-order valence-electron chi connectivity index (χ0n) is 22.7. The third-order valence-corrected chi connectivity index (χ3v) is 6.67. The van der Waals surface area contributed by atoms with Crippen LogP contribution in [-0.2, 0) is 23.4 Å². The van der Waals surface area contributed by atoms with E-state index in [2.05, 4.69) is 5.09 Å². The Bertz CT molecular complexity index is 1320. The number of benzene rings is 1. The number of nitrogens with one attached hydrogen (secondary N) is 2. The van der Waals surface area contributed by atoms with E-state index in [1.165, 1.54) is 19.1 Å². The zero-order chi connectivity index (χ0) is 29.2. The van der Waals surface area contributed by atoms with Gasteiger partial charge in [-0.05, 0) is 39.8 Å². The fourth-order valence-electron chi connectivity index (χ4n) is 3.30. The summed E-state index contributed by atoms with van der Waals surface area (Å²) in [4.78, 5) is 38.0. The number of hydrogen-bond donors (Lipinski definition) is 4. The highest BCUT2D eigenvalue weighted by atomic mass is 31.2. The molecule has 1 aliphatic heterocycles. The molecule has 14 heteroatoms. The summed E-state index contributed by atoms with van der Waals surface area (Å²) in [5, 5.41) is 24.4. The molecule has 1 aromatic carbocycles. The van der Waals surface area contributed by atoms with Crippen LogP contribution in [0.25, 0.3) is 0 Å². The second kappa shape index (κ2) is 11.1. The van der Waals surface area contributed by atoms with Gasteiger partial charge < -0.3 is 24.2 Å². The van der Waals surface area contributed by atoms with Gasteiger partial charge in [-0.1, -0.05) is 18.2 Å². The second-order valence-electron chi connectivity index (χ2n) is 8.35. The van der Waals surface area contributed by atoms with Crippen LogP contribution < -0.4 is 20.9 Å². The maximum absolute atomic E-state index is 13.7. The summed E-state index contributed by atoms with van der Waals surface area (Å²) in [5.74, 6) is -0.681. The van der Waals surface area contributed by atoms with E-state index in [0.29, 0.717) is 4.57 Å². The van der Waals surface area contributed by atoms with Gasteiger partial charge in [-0.15, -0.1) is 0 Å². The van der Waals surface area contributed by atoms with Gasteiger partial charge in [0.2, 0.25) is 0 Å². The van der Waals surface area contributed by atoms with E-state index in [1.54, 1.807) is 32.0 Å². The lowest BCUT2D eigenvalue weighted by Crippen LogP contribution is -2.47. The molecule has 36 heavy (non-hydrogen) atoms. The van der Waals surface area contributed by atoms with Gasteiger partial charge in [0.15, 0.2) is 6.23 Å². The van der Waals surface area contributed by atoms with Crippen LogP contribution in [0, 0.1) is 0 Å². The highest BCUT2D eigenvalue weighted by molar-refractivity contribution is 7.52. The quantitative estimate of drug-likeness (QED) is 0.251. The number of H-pyrrole nitrogens is 1. The molecule has 1 aliphatic rings. The Kier molecular flexibility index (Phi) is 7.26. The summed E-state index contributed by atoms with van der Waals surface area (Å²) in [6.07, 6.45) is -5.43. The molecule has 0 spiro atoms. The number of carbonyl (C=O) groups excluding carboxylic acids is 1. The number of aromatic nitrogens is 2. The van der Waals surface area contributed by atoms with Crippen molar-refractivity contribution in [3.8, 4) is 5.75 Å². The summed E-state index contributed by atoms with van der Waals surface area (Å²) in [6, 6.07) is 7.47. The molecule has 1 aromatic heterocycles. The van der Waals surface area contributed by atoms with Gasteiger partial charge in [0.1, 0.15) is 29.6 Å². The van der Waals surface area contributed by atoms with E-state index in [0.717, 1.165) is 12.3 Å². The maximum atomic E-state index is 13.7. The molecule has 2 aromatic rings. The molecule has 0 aliphatic carbocycles. The third-order valence-electron chi connectivity index (χ3n) is 5.02. The fourth-order valence-corrected chi connectivity index (χ4v) is 4.80. The van der Waals surface area contributed by atoms with Crippen molar-refractivity contribution in [2.75, 3.05) is 6.61 Å². The molecule has 2 heterocycles. The molecule has 13 nitrogen and oxygen atoms in total. The lowest BCUT2D eigenvalue weighted by Gasteiger charge is -2.27. The molecule has 1 saturated heterocycles. The highest BCUT2D eigenvalue weighted by Crippen LogP contribution is 2.46. The van der Waals surface area contributed by atoms with Crippen molar-refractivity contribution in [2.24, 2.45) is 0 Å². The summed E-state index contributed by atoms with van der Waals surface area (Å²) >= 11 is 0. The van der Waals surface area contributed by atoms with E-state index < -0.39 is 74.6 Å². The van der Waals surface area contributed by atoms with E-state index in [1.807, 2.05) is 4.98 Å². The number of rotatable bonds is 10. The largest absolute Gasteiger partial charge is 0.462 e. The predicted octanol–water partition coefficient (Wildman–Crippen LogP) is 0.679. The van der Waals surface area contributed by atoms with Gasteiger partial charge in [0, 0.05) is 16.4 Å². The van der Waals surface area contributed by atoms with Gasteiger partial charge in [0.05, 0.1) is 12.7 Å². The fraction of sp³-hybridized carbons (Fsp3) is 0.500. The Morgan fingerprint density at radius 1 is 1.31 bits per heavy atom. The van der Waals surface area contributed by atoms with Crippen molar-refractivity contribution in [3.05, 3.63) is 63.4 Å². The SMILES string of the molecule is [2H]C([2H])([2H])[C@@]1(O)[C@H](O)[C@@H](CO[P@@](=O)(NC(C)C(=O)OC(C)C)Oc2ccccc2)O[C@H]1n1ccc(=O)[nH]c1=O. The van der Waals surface area contributed by atoms with Crippen molar-refractivity contribution < 1.29 is 42.2 Å². The number of ether oxygens (including phenoxy) is 2. The Morgan fingerprint density at radius 2 is 2.00 bits per heavy atom. The molecule has 198 valence electrons. The van der Waals surface area contributed by atoms with Crippen LogP contribution in [0.1, 0.15) is 38.0 Å². The molecule has 1 fully saturated rings. The Hall–Kier alpha value is -2.80.